The lowest BCUT2D eigenvalue weighted by atomic mass is 9.58. The molecule has 2 amide bonds. The average Bonchev–Trinajstić information content (AvgIpc) is 3.21. The number of allylic oxidation sites excluding steroid dienone is 2. The molecule has 2 saturated heterocycles. The SMILES string of the molecule is CCCC1=C2[C@@H](CC/C(=C/c3ccccc3O)CC)OB(O)C[C@@H]2[C@@H]2C(=O)N(c3cccc(B(O)O)c3)C(=O)[C@@H]2C1. The molecule has 10 heteroatoms. The molecule has 0 radical (unpaired) electrons. The smallest absolute Gasteiger partial charge is 0.488 e. The third-order valence-corrected chi connectivity index (χ3v) is 8.76. The molecule has 0 bridgehead atoms. The predicted molar refractivity (Wildman–Crippen MR) is 159 cm³/mol. The molecule has 41 heavy (non-hydrogen) atoms. The fraction of sp³-hybridized carbons (Fsp3) is 0.419. The zero-order valence-electron chi connectivity index (χ0n) is 23.6. The van der Waals surface area contributed by atoms with Crippen LogP contribution in [0.3, 0.4) is 0 Å². The molecule has 5 rings (SSSR count). The van der Waals surface area contributed by atoms with E-state index < -0.39 is 26.1 Å². The lowest BCUT2D eigenvalue weighted by Gasteiger charge is -2.43. The molecule has 4 N–H and O–H groups in total. The highest BCUT2D eigenvalue weighted by molar-refractivity contribution is 6.58. The molecule has 0 unspecified atom stereocenters. The van der Waals surface area contributed by atoms with Crippen molar-refractivity contribution < 1.29 is 34.4 Å². The van der Waals surface area contributed by atoms with Gasteiger partial charge in [-0.05, 0) is 73.6 Å². The van der Waals surface area contributed by atoms with Crippen molar-refractivity contribution in [3.8, 4) is 5.75 Å². The number of imide groups is 1. The highest BCUT2D eigenvalue weighted by Gasteiger charge is 2.57. The van der Waals surface area contributed by atoms with Crippen LogP contribution in [0.15, 0.2) is 65.3 Å². The first-order chi connectivity index (χ1) is 19.7. The van der Waals surface area contributed by atoms with E-state index in [2.05, 4.69) is 13.8 Å². The Kier molecular flexibility index (Phi) is 8.85. The van der Waals surface area contributed by atoms with Gasteiger partial charge in [0.05, 0.1) is 23.6 Å². The molecule has 2 aliphatic heterocycles. The molecule has 2 aromatic rings. The molecular formula is C31H37B2NO7. The number of benzene rings is 2. The third kappa shape index (κ3) is 5.79. The van der Waals surface area contributed by atoms with Crippen LogP contribution in [-0.4, -0.2) is 52.3 Å². The zero-order chi connectivity index (χ0) is 29.3. The van der Waals surface area contributed by atoms with Crippen LogP contribution in [0.25, 0.3) is 6.08 Å². The van der Waals surface area contributed by atoms with Gasteiger partial charge in [-0.1, -0.05) is 67.8 Å². The number of hydrogen-bond donors (Lipinski definition) is 4. The molecule has 0 saturated carbocycles. The number of phenols is 1. The van der Waals surface area contributed by atoms with E-state index in [4.69, 9.17) is 4.65 Å². The summed E-state index contributed by atoms with van der Waals surface area (Å²) in [6.45, 7) is 4.16. The van der Waals surface area contributed by atoms with Gasteiger partial charge < -0.3 is 24.8 Å². The maximum Gasteiger partial charge on any atom is 0.488 e. The summed E-state index contributed by atoms with van der Waals surface area (Å²) in [6, 6.07) is 13.4. The van der Waals surface area contributed by atoms with E-state index in [1.165, 1.54) is 17.0 Å². The van der Waals surface area contributed by atoms with Gasteiger partial charge >= 0.3 is 14.2 Å². The van der Waals surface area contributed by atoms with E-state index in [1.54, 1.807) is 24.3 Å². The number of hydrogen-bond acceptors (Lipinski definition) is 7. The summed E-state index contributed by atoms with van der Waals surface area (Å²) in [4.78, 5) is 28.8. The minimum atomic E-state index is -1.71. The van der Waals surface area contributed by atoms with Gasteiger partial charge in [-0.25, -0.2) is 0 Å². The van der Waals surface area contributed by atoms with Gasteiger partial charge in [0.15, 0.2) is 0 Å². The Morgan fingerprint density at radius 2 is 1.88 bits per heavy atom. The number of aromatic hydroxyl groups is 1. The molecule has 1 aliphatic carbocycles. The van der Waals surface area contributed by atoms with Crippen molar-refractivity contribution in [1.29, 1.82) is 0 Å². The van der Waals surface area contributed by atoms with Gasteiger partial charge in [0.25, 0.3) is 0 Å². The summed E-state index contributed by atoms with van der Waals surface area (Å²) in [5.41, 5.74) is 4.62. The van der Waals surface area contributed by atoms with Gasteiger partial charge in [-0.3, -0.25) is 14.5 Å². The van der Waals surface area contributed by atoms with Crippen molar-refractivity contribution in [2.24, 2.45) is 17.8 Å². The fourth-order valence-electron chi connectivity index (χ4n) is 6.88. The first-order valence-electron chi connectivity index (χ1n) is 14.6. The van der Waals surface area contributed by atoms with E-state index in [1.807, 2.05) is 18.2 Å². The molecule has 4 atom stereocenters. The number of carbonyl (C=O) groups is 2. The summed E-state index contributed by atoms with van der Waals surface area (Å²) in [5.74, 6) is -1.83. The van der Waals surface area contributed by atoms with Crippen LogP contribution in [0, 0.1) is 17.8 Å². The van der Waals surface area contributed by atoms with Crippen LogP contribution in [0.5, 0.6) is 5.75 Å². The normalized spacial score (nSPS) is 24.6. The molecule has 2 heterocycles. The Labute approximate surface area is 241 Å². The van der Waals surface area contributed by atoms with Crippen molar-refractivity contribution in [3.63, 3.8) is 0 Å². The Bertz CT molecular complexity index is 1370. The van der Waals surface area contributed by atoms with Crippen LogP contribution in [-0.2, 0) is 14.2 Å². The largest absolute Gasteiger partial charge is 0.507 e. The molecule has 214 valence electrons. The summed E-state index contributed by atoms with van der Waals surface area (Å²) in [6.07, 6.45) is 6.11. The van der Waals surface area contributed by atoms with Crippen LogP contribution in [0.4, 0.5) is 5.69 Å². The maximum atomic E-state index is 13.9. The summed E-state index contributed by atoms with van der Waals surface area (Å²) in [7, 11) is -2.76. The minimum Gasteiger partial charge on any atom is -0.507 e. The second kappa shape index (κ2) is 12.4. The number of anilines is 1. The maximum absolute atomic E-state index is 13.9. The van der Waals surface area contributed by atoms with Crippen LogP contribution in [0.1, 0.15) is 57.9 Å². The molecule has 2 fully saturated rings. The fourth-order valence-corrected chi connectivity index (χ4v) is 6.88. The first kappa shape index (κ1) is 29.3. The molecule has 8 nitrogen and oxygen atoms in total. The molecule has 2 aromatic carbocycles. The van der Waals surface area contributed by atoms with Crippen molar-refractivity contribution in [2.75, 3.05) is 4.90 Å². The standard InChI is InChI=1S/C31H37B2NO7/c1-3-8-21-16-24-29(31(37)34(30(24)36)23-11-7-10-22(17-23)33(39)40)25-18-32(38)41-27(28(21)25)14-13-19(4-2)15-20-9-5-6-12-26(20)35/h5-7,9-12,15,17,24-25,27,29,35,38-40H,3-4,8,13-14,16,18H2,1-2H3/b19-15+/t24-,25+,27-,29-/m1/s1. The van der Waals surface area contributed by atoms with Crippen LogP contribution >= 0.6 is 0 Å². The molecule has 0 aromatic heterocycles. The first-order valence-corrected chi connectivity index (χ1v) is 14.6. The Hall–Kier alpha value is -3.17. The van der Waals surface area contributed by atoms with Gasteiger partial charge in [0.2, 0.25) is 11.8 Å². The van der Waals surface area contributed by atoms with Gasteiger partial charge in [-0.2, -0.15) is 0 Å². The van der Waals surface area contributed by atoms with Crippen LogP contribution < -0.4 is 10.4 Å². The van der Waals surface area contributed by atoms with Gasteiger partial charge in [-0.15, -0.1) is 0 Å². The number of fused-ring (bicyclic) bond motifs is 3. The number of amides is 2. The lowest BCUT2D eigenvalue weighted by molar-refractivity contribution is -0.122. The highest BCUT2D eigenvalue weighted by Crippen LogP contribution is 2.52. The third-order valence-electron chi connectivity index (χ3n) is 8.76. The van der Waals surface area contributed by atoms with E-state index in [0.29, 0.717) is 24.9 Å². The monoisotopic (exact) mass is 557 g/mol. The Morgan fingerprint density at radius 1 is 1.10 bits per heavy atom. The summed E-state index contributed by atoms with van der Waals surface area (Å²) < 4.78 is 6.12. The molecular weight excluding hydrogens is 520 g/mol. The van der Waals surface area contributed by atoms with E-state index in [9.17, 15) is 29.8 Å². The Morgan fingerprint density at radius 3 is 2.59 bits per heavy atom. The lowest BCUT2D eigenvalue weighted by Crippen LogP contribution is -2.46. The van der Waals surface area contributed by atoms with E-state index >= 15 is 0 Å². The summed E-state index contributed by atoms with van der Waals surface area (Å²) >= 11 is 0. The molecule has 3 aliphatic rings. The van der Waals surface area contributed by atoms with E-state index in [0.717, 1.165) is 41.5 Å². The second-order valence-electron chi connectivity index (χ2n) is 11.3. The minimum absolute atomic E-state index is 0.202. The highest BCUT2D eigenvalue weighted by atomic mass is 16.5. The number of phenolic OH excluding ortho intramolecular Hbond substituents is 1. The number of carbonyl (C=O) groups excluding carboxylic acids is 2. The van der Waals surface area contributed by atoms with Crippen molar-refractivity contribution in [3.05, 3.63) is 70.8 Å². The second-order valence-corrected chi connectivity index (χ2v) is 11.3. The number of para-hydroxylation sites is 1. The molecule has 0 spiro atoms. The average molecular weight is 557 g/mol. The van der Waals surface area contributed by atoms with Crippen LogP contribution in [0.2, 0.25) is 6.32 Å². The predicted octanol–water partition coefficient (Wildman–Crippen LogP) is 3.45. The van der Waals surface area contributed by atoms with E-state index in [-0.39, 0.29) is 41.4 Å². The summed E-state index contributed by atoms with van der Waals surface area (Å²) in [5, 5.41) is 40.3. The van der Waals surface area contributed by atoms with Crippen molar-refractivity contribution >= 4 is 43.3 Å². The quantitative estimate of drug-likeness (QED) is 0.211. The topological polar surface area (TPSA) is 128 Å². The number of nitrogens with zero attached hydrogens (tertiary/aromatic N) is 1. The number of rotatable bonds is 9. The Balaban J connectivity index is 1.45. The van der Waals surface area contributed by atoms with Crippen molar-refractivity contribution in [2.45, 2.75) is 64.8 Å². The van der Waals surface area contributed by atoms with Gasteiger partial charge in [0.1, 0.15) is 5.75 Å². The van der Waals surface area contributed by atoms with Crippen molar-refractivity contribution in [1.82, 2.24) is 0 Å². The zero-order valence-corrected chi connectivity index (χ0v) is 23.6. The van der Waals surface area contributed by atoms with Gasteiger partial charge in [0, 0.05) is 5.56 Å².